The Morgan fingerprint density at radius 2 is 1.84 bits per heavy atom. The number of carbonyl (C=O) groups is 1. The lowest BCUT2D eigenvalue weighted by atomic mass is 10.2. The summed E-state index contributed by atoms with van der Waals surface area (Å²) in [6.45, 7) is 4.82. The van der Waals surface area contributed by atoms with E-state index in [1.54, 1.807) is 12.1 Å². The lowest BCUT2D eigenvalue weighted by Gasteiger charge is -2.18. The highest BCUT2D eigenvalue weighted by molar-refractivity contribution is 6.32. The van der Waals surface area contributed by atoms with Crippen molar-refractivity contribution in [3.8, 4) is 11.5 Å². The van der Waals surface area contributed by atoms with E-state index in [0.29, 0.717) is 30.3 Å². The van der Waals surface area contributed by atoms with Crippen LogP contribution in [0.25, 0.3) is 0 Å². The summed E-state index contributed by atoms with van der Waals surface area (Å²) in [7, 11) is 0. The number of ether oxygens (including phenoxy) is 2. The molecule has 25 heavy (non-hydrogen) atoms. The van der Waals surface area contributed by atoms with Gasteiger partial charge >= 0.3 is 0 Å². The van der Waals surface area contributed by atoms with Crippen LogP contribution >= 0.6 is 11.6 Å². The predicted octanol–water partition coefficient (Wildman–Crippen LogP) is 4.26. The number of nitrogens with one attached hydrogen (secondary N) is 1. The smallest absolute Gasteiger partial charge is 0.261 e. The molecule has 0 unspecified atom stereocenters. The number of hydrogen-bond acceptors (Lipinski definition) is 3. The van der Waals surface area contributed by atoms with E-state index < -0.39 is 6.10 Å². The van der Waals surface area contributed by atoms with Crippen molar-refractivity contribution in [1.82, 2.24) is 5.32 Å². The van der Waals surface area contributed by atoms with E-state index in [1.807, 2.05) is 43.3 Å². The molecule has 2 aromatic rings. The Bertz CT molecular complexity index is 673. The number of rotatable bonds is 9. The van der Waals surface area contributed by atoms with Crippen molar-refractivity contribution in [2.45, 2.75) is 32.8 Å². The van der Waals surface area contributed by atoms with E-state index >= 15 is 0 Å². The maximum atomic E-state index is 12.3. The first-order valence-corrected chi connectivity index (χ1v) is 8.92. The monoisotopic (exact) mass is 361 g/mol. The summed E-state index contributed by atoms with van der Waals surface area (Å²) in [5.41, 5.74) is 1.27. The van der Waals surface area contributed by atoms with Crippen molar-refractivity contribution in [3.63, 3.8) is 0 Å². The zero-order valence-electron chi connectivity index (χ0n) is 14.6. The number of halogens is 1. The van der Waals surface area contributed by atoms with Crippen LogP contribution in [-0.2, 0) is 11.2 Å². The fourth-order valence-corrected chi connectivity index (χ4v) is 2.47. The molecule has 134 valence electrons. The van der Waals surface area contributed by atoms with Crippen LogP contribution in [0.4, 0.5) is 0 Å². The Kier molecular flexibility index (Phi) is 7.61. The van der Waals surface area contributed by atoms with Gasteiger partial charge in [-0.2, -0.15) is 0 Å². The van der Waals surface area contributed by atoms with Gasteiger partial charge in [0.05, 0.1) is 11.6 Å². The van der Waals surface area contributed by atoms with Gasteiger partial charge in [0.1, 0.15) is 18.1 Å². The average molecular weight is 362 g/mol. The molecule has 0 saturated heterocycles. The van der Waals surface area contributed by atoms with Crippen molar-refractivity contribution >= 4 is 17.5 Å². The van der Waals surface area contributed by atoms with Gasteiger partial charge in [0.15, 0.2) is 6.10 Å². The van der Waals surface area contributed by atoms with Gasteiger partial charge < -0.3 is 14.8 Å². The Labute approximate surface area is 154 Å². The molecule has 2 rings (SSSR count). The third-order valence-electron chi connectivity index (χ3n) is 3.77. The number of aryl methyl sites for hydroxylation is 1. The summed E-state index contributed by atoms with van der Waals surface area (Å²) in [4.78, 5) is 12.3. The van der Waals surface area contributed by atoms with Gasteiger partial charge in [-0.1, -0.05) is 49.7 Å². The Hall–Kier alpha value is -2.20. The summed E-state index contributed by atoms with van der Waals surface area (Å²) in [5, 5.41) is 3.33. The molecule has 4 nitrogen and oxygen atoms in total. The van der Waals surface area contributed by atoms with Crippen molar-refractivity contribution in [2.24, 2.45) is 0 Å². The number of amides is 1. The molecular formula is C20H24ClNO3. The molecule has 0 radical (unpaired) electrons. The first-order valence-electron chi connectivity index (χ1n) is 8.54. The van der Waals surface area contributed by atoms with E-state index in [-0.39, 0.29) is 5.91 Å². The van der Waals surface area contributed by atoms with Crippen molar-refractivity contribution in [1.29, 1.82) is 0 Å². The zero-order chi connectivity index (χ0) is 18.1. The first-order chi connectivity index (χ1) is 12.1. The van der Waals surface area contributed by atoms with Crippen LogP contribution in [0.5, 0.6) is 11.5 Å². The number of hydrogen-bond donors (Lipinski definition) is 1. The van der Waals surface area contributed by atoms with Crippen LogP contribution in [0.15, 0.2) is 48.5 Å². The van der Waals surface area contributed by atoms with Crippen molar-refractivity contribution in [3.05, 3.63) is 59.1 Å². The molecule has 1 amide bonds. The highest BCUT2D eigenvalue weighted by Crippen LogP contribution is 2.24. The van der Waals surface area contributed by atoms with Crippen LogP contribution in [0.3, 0.4) is 0 Å². The minimum absolute atomic E-state index is 0.174. The second kappa shape index (κ2) is 9.94. The van der Waals surface area contributed by atoms with Crippen LogP contribution in [0.1, 0.15) is 25.8 Å². The van der Waals surface area contributed by atoms with Gasteiger partial charge in [0, 0.05) is 0 Å². The van der Waals surface area contributed by atoms with Crippen LogP contribution in [-0.4, -0.2) is 25.2 Å². The molecule has 0 aromatic heterocycles. The van der Waals surface area contributed by atoms with Crippen LogP contribution in [0, 0.1) is 0 Å². The number of para-hydroxylation sites is 1. The summed E-state index contributed by atoms with van der Waals surface area (Å²) < 4.78 is 11.3. The van der Waals surface area contributed by atoms with E-state index in [9.17, 15) is 4.79 Å². The molecule has 0 aliphatic rings. The summed E-state index contributed by atoms with van der Waals surface area (Å²) >= 11 is 6.07. The highest BCUT2D eigenvalue weighted by atomic mass is 35.5. The minimum atomic E-state index is -0.580. The normalized spacial score (nSPS) is 11.6. The molecule has 0 aliphatic carbocycles. The summed E-state index contributed by atoms with van der Waals surface area (Å²) in [5.74, 6) is 1.14. The molecule has 5 heteroatoms. The molecule has 0 fully saturated rings. The third-order valence-corrected chi connectivity index (χ3v) is 4.08. The molecule has 2 aromatic carbocycles. The molecule has 0 heterocycles. The molecule has 1 N–H and O–H groups in total. The fraction of sp³-hybridized carbons (Fsp3) is 0.350. The van der Waals surface area contributed by atoms with Gasteiger partial charge in [-0.05, 0) is 42.7 Å². The fourth-order valence-electron chi connectivity index (χ4n) is 2.29. The summed E-state index contributed by atoms with van der Waals surface area (Å²) in [6, 6.07) is 15.1. The maximum Gasteiger partial charge on any atom is 0.261 e. The first kappa shape index (κ1) is 19.1. The SMILES string of the molecule is CCc1ccc(OCCNC(=O)[C@H](CC)Oc2ccccc2Cl)cc1. The van der Waals surface area contributed by atoms with Crippen molar-refractivity contribution < 1.29 is 14.3 Å². The zero-order valence-corrected chi connectivity index (χ0v) is 15.4. The lowest BCUT2D eigenvalue weighted by molar-refractivity contribution is -0.128. The van der Waals surface area contributed by atoms with Crippen molar-refractivity contribution in [2.75, 3.05) is 13.2 Å². The van der Waals surface area contributed by atoms with Gasteiger partial charge in [0.2, 0.25) is 0 Å². The van der Waals surface area contributed by atoms with Crippen LogP contribution in [0.2, 0.25) is 5.02 Å². The van der Waals surface area contributed by atoms with E-state index in [2.05, 4.69) is 12.2 Å². The standard InChI is InChI=1S/C20H24ClNO3/c1-3-15-9-11-16(12-10-15)24-14-13-22-20(23)18(4-2)25-19-8-6-5-7-17(19)21/h5-12,18H,3-4,13-14H2,1-2H3,(H,22,23)/t18-/m0/s1. The molecule has 0 bridgehead atoms. The van der Waals surface area contributed by atoms with E-state index in [4.69, 9.17) is 21.1 Å². The topological polar surface area (TPSA) is 47.6 Å². The second-order valence-corrected chi connectivity index (χ2v) is 5.99. The minimum Gasteiger partial charge on any atom is -0.492 e. The van der Waals surface area contributed by atoms with E-state index in [0.717, 1.165) is 12.2 Å². The Morgan fingerprint density at radius 1 is 1.12 bits per heavy atom. The highest BCUT2D eigenvalue weighted by Gasteiger charge is 2.18. The Balaban J connectivity index is 1.76. The third kappa shape index (κ3) is 5.98. The summed E-state index contributed by atoms with van der Waals surface area (Å²) in [6.07, 6.45) is 0.972. The largest absolute Gasteiger partial charge is 0.492 e. The molecule has 0 saturated carbocycles. The van der Waals surface area contributed by atoms with E-state index in [1.165, 1.54) is 5.56 Å². The van der Waals surface area contributed by atoms with Gasteiger partial charge in [-0.25, -0.2) is 0 Å². The Morgan fingerprint density at radius 3 is 2.48 bits per heavy atom. The number of carbonyl (C=O) groups excluding carboxylic acids is 1. The van der Waals surface area contributed by atoms with Gasteiger partial charge in [-0.15, -0.1) is 0 Å². The molecular weight excluding hydrogens is 338 g/mol. The predicted molar refractivity (Wildman–Crippen MR) is 100 cm³/mol. The van der Waals surface area contributed by atoms with Gasteiger partial charge in [-0.3, -0.25) is 4.79 Å². The second-order valence-electron chi connectivity index (χ2n) is 5.58. The average Bonchev–Trinajstić information content (AvgIpc) is 2.65. The maximum absolute atomic E-state index is 12.3. The molecule has 0 aliphatic heterocycles. The molecule has 1 atom stereocenters. The molecule has 0 spiro atoms. The lowest BCUT2D eigenvalue weighted by Crippen LogP contribution is -2.39. The van der Waals surface area contributed by atoms with Gasteiger partial charge in [0.25, 0.3) is 5.91 Å². The number of benzene rings is 2. The van der Waals surface area contributed by atoms with Crippen LogP contribution < -0.4 is 14.8 Å². The quantitative estimate of drug-likeness (QED) is 0.679.